The zero-order valence-corrected chi connectivity index (χ0v) is 13.5. The molecule has 0 saturated carbocycles. The summed E-state index contributed by atoms with van der Waals surface area (Å²) in [6.45, 7) is 0. The number of carbonyl (C=O) groups is 1. The van der Waals surface area contributed by atoms with Crippen LogP contribution in [0, 0.1) is 0 Å². The maximum Gasteiger partial charge on any atom is 0.264 e. The Bertz CT molecular complexity index is 861. The van der Waals surface area contributed by atoms with Gasteiger partial charge in [-0.3, -0.25) is 4.79 Å². The zero-order valence-electron chi connectivity index (χ0n) is 12.7. The Morgan fingerprint density at radius 2 is 1.96 bits per heavy atom. The molecule has 6 nitrogen and oxygen atoms in total. The molecule has 1 aliphatic rings. The second kappa shape index (κ2) is 6.67. The maximum absolute atomic E-state index is 12.1. The normalized spacial score (nSPS) is 17.3. The van der Waals surface area contributed by atoms with E-state index in [1.54, 1.807) is 36.4 Å². The van der Waals surface area contributed by atoms with Crippen molar-refractivity contribution in [3.05, 3.63) is 52.9 Å². The van der Waals surface area contributed by atoms with Crippen LogP contribution in [0.4, 0.5) is 5.69 Å². The molecule has 2 aromatic carbocycles. The molecule has 7 heteroatoms. The van der Waals surface area contributed by atoms with E-state index >= 15 is 0 Å². The van der Waals surface area contributed by atoms with Crippen molar-refractivity contribution >= 4 is 34.6 Å². The van der Waals surface area contributed by atoms with E-state index in [-0.39, 0.29) is 17.4 Å². The van der Waals surface area contributed by atoms with Crippen molar-refractivity contribution in [1.82, 2.24) is 5.32 Å². The molecule has 1 saturated heterocycles. The van der Waals surface area contributed by atoms with Gasteiger partial charge >= 0.3 is 0 Å². The van der Waals surface area contributed by atoms with Crippen LogP contribution in [0.2, 0.25) is 0 Å². The van der Waals surface area contributed by atoms with Crippen molar-refractivity contribution in [2.75, 3.05) is 7.11 Å². The highest BCUT2D eigenvalue weighted by Crippen LogP contribution is 2.33. The van der Waals surface area contributed by atoms with Gasteiger partial charge in [-0.1, -0.05) is 18.2 Å². The Hall–Kier alpha value is -2.93. The number of para-hydroxylation sites is 2. The number of carbonyl (C=O) groups excluding carboxylic acids is 1. The number of amidine groups is 1. The average Bonchev–Trinajstić information content (AvgIpc) is 2.91. The lowest BCUT2D eigenvalue weighted by atomic mass is 10.2. The van der Waals surface area contributed by atoms with Crippen LogP contribution in [0.15, 0.2) is 52.4 Å². The first-order valence-electron chi connectivity index (χ1n) is 7.01. The molecule has 0 atom stereocenters. The molecule has 0 bridgehead atoms. The number of phenols is 2. The molecule has 0 aromatic heterocycles. The van der Waals surface area contributed by atoms with E-state index < -0.39 is 0 Å². The molecule has 3 rings (SSSR count). The van der Waals surface area contributed by atoms with Gasteiger partial charge in [0, 0.05) is 0 Å². The van der Waals surface area contributed by atoms with E-state index in [0.717, 1.165) is 0 Å². The number of benzene rings is 2. The van der Waals surface area contributed by atoms with Gasteiger partial charge in [0.25, 0.3) is 5.91 Å². The van der Waals surface area contributed by atoms with Crippen molar-refractivity contribution in [1.29, 1.82) is 0 Å². The van der Waals surface area contributed by atoms with Crippen LogP contribution in [-0.2, 0) is 4.79 Å². The molecular formula is C17H14N2O4S. The minimum absolute atomic E-state index is 0.0324. The van der Waals surface area contributed by atoms with Gasteiger partial charge in [0.2, 0.25) is 0 Å². The van der Waals surface area contributed by atoms with Crippen LogP contribution in [0.3, 0.4) is 0 Å². The van der Waals surface area contributed by atoms with E-state index in [2.05, 4.69) is 10.3 Å². The molecule has 1 aliphatic heterocycles. The Balaban J connectivity index is 1.86. The lowest BCUT2D eigenvalue weighted by molar-refractivity contribution is -0.115. The Morgan fingerprint density at radius 1 is 1.17 bits per heavy atom. The summed E-state index contributed by atoms with van der Waals surface area (Å²) in [5.74, 6) is 0.127. The van der Waals surface area contributed by atoms with Crippen LogP contribution in [0.5, 0.6) is 17.2 Å². The standard InChI is InChI=1S/C17H14N2O4S/c1-23-14-8-10(6-7-13(14)21)9-15-16(22)19-17(24-15)18-11-4-2-3-5-12(11)20/h2-9,20-21H,1H3,(H,18,19,22)/b15-9+. The van der Waals surface area contributed by atoms with Crippen LogP contribution in [-0.4, -0.2) is 28.4 Å². The second-order valence-corrected chi connectivity index (χ2v) is 5.93. The van der Waals surface area contributed by atoms with Crippen molar-refractivity contribution in [3.8, 4) is 17.2 Å². The van der Waals surface area contributed by atoms with Gasteiger partial charge in [-0.25, -0.2) is 4.99 Å². The molecule has 2 aromatic rings. The molecule has 0 aliphatic carbocycles. The highest BCUT2D eigenvalue weighted by molar-refractivity contribution is 8.18. The molecule has 1 heterocycles. The highest BCUT2D eigenvalue weighted by Gasteiger charge is 2.24. The molecule has 1 amide bonds. The third kappa shape index (κ3) is 3.36. The minimum Gasteiger partial charge on any atom is -0.506 e. The fourth-order valence-corrected chi connectivity index (χ4v) is 2.92. The first kappa shape index (κ1) is 15.9. The van der Waals surface area contributed by atoms with Crippen LogP contribution in [0.1, 0.15) is 5.56 Å². The van der Waals surface area contributed by atoms with Crippen molar-refractivity contribution in [2.24, 2.45) is 4.99 Å². The number of hydrogen-bond acceptors (Lipinski definition) is 6. The van der Waals surface area contributed by atoms with E-state index in [1.807, 2.05) is 0 Å². The first-order valence-corrected chi connectivity index (χ1v) is 7.83. The molecule has 0 spiro atoms. The van der Waals surface area contributed by atoms with E-state index in [4.69, 9.17) is 4.74 Å². The number of thioether (sulfide) groups is 1. The average molecular weight is 342 g/mol. The van der Waals surface area contributed by atoms with E-state index in [1.165, 1.54) is 31.0 Å². The molecule has 122 valence electrons. The number of rotatable bonds is 3. The third-order valence-corrected chi connectivity index (χ3v) is 4.17. The van der Waals surface area contributed by atoms with Gasteiger partial charge in [0.05, 0.1) is 12.0 Å². The lowest BCUT2D eigenvalue weighted by Crippen LogP contribution is -2.19. The maximum atomic E-state index is 12.1. The van der Waals surface area contributed by atoms with Gasteiger partial charge in [-0.2, -0.15) is 0 Å². The number of aromatic hydroxyl groups is 2. The summed E-state index contributed by atoms with van der Waals surface area (Å²) in [5.41, 5.74) is 1.10. The summed E-state index contributed by atoms with van der Waals surface area (Å²) in [6.07, 6.45) is 1.68. The van der Waals surface area contributed by atoms with Gasteiger partial charge in [0.1, 0.15) is 11.4 Å². The van der Waals surface area contributed by atoms with Crippen LogP contribution in [0.25, 0.3) is 6.08 Å². The summed E-state index contributed by atoms with van der Waals surface area (Å²) < 4.78 is 5.05. The van der Waals surface area contributed by atoms with E-state index in [0.29, 0.717) is 27.1 Å². The number of nitrogens with one attached hydrogen (secondary N) is 1. The number of amides is 1. The van der Waals surface area contributed by atoms with Crippen molar-refractivity contribution in [3.63, 3.8) is 0 Å². The Kier molecular flexibility index (Phi) is 4.43. The summed E-state index contributed by atoms with van der Waals surface area (Å²) in [4.78, 5) is 16.8. The molecule has 1 fully saturated rings. The fraction of sp³-hybridized carbons (Fsp3) is 0.0588. The highest BCUT2D eigenvalue weighted by atomic mass is 32.2. The Labute approximate surface area is 142 Å². The topological polar surface area (TPSA) is 91.2 Å². The smallest absolute Gasteiger partial charge is 0.264 e. The summed E-state index contributed by atoms with van der Waals surface area (Å²) in [5, 5.41) is 22.4. The summed E-state index contributed by atoms with van der Waals surface area (Å²) in [7, 11) is 1.46. The predicted octanol–water partition coefficient (Wildman–Crippen LogP) is 3.00. The number of ether oxygens (including phenoxy) is 1. The summed E-state index contributed by atoms with van der Waals surface area (Å²) in [6, 6.07) is 11.4. The Morgan fingerprint density at radius 3 is 2.71 bits per heavy atom. The van der Waals surface area contributed by atoms with E-state index in [9.17, 15) is 15.0 Å². The zero-order chi connectivity index (χ0) is 17.1. The van der Waals surface area contributed by atoms with Gasteiger partial charge < -0.3 is 20.3 Å². The first-order chi connectivity index (χ1) is 11.6. The summed E-state index contributed by atoms with van der Waals surface area (Å²) >= 11 is 1.17. The number of phenolic OH excluding ortho intramolecular Hbond substituents is 2. The quantitative estimate of drug-likeness (QED) is 0.746. The largest absolute Gasteiger partial charge is 0.506 e. The predicted molar refractivity (Wildman–Crippen MR) is 93.6 cm³/mol. The van der Waals surface area contributed by atoms with Crippen LogP contribution < -0.4 is 10.1 Å². The molecule has 0 radical (unpaired) electrons. The second-order valence-electron chi connectivity index (χ2n) is 4.90. The number of aliphatic imine (C=N–C) groups is 1. The van der Waals surface area contributed by atoms with Gasteiger partial charge in [0.15, 0.2) is 16.7 Å². The third-order valence-electron chi connectivity index (χ3n) is 3.26. The minimum atomic E-state index is -0.277. The molecule has 24 heavy (non-hydrogen) atoms. The molecule has 3 N–H and O–H groups in total. The van der Waals surface area contributed by atoms with Gasteiger partial charge in [-0.05, 0) is 47.7 Å². The van der Waals surface area contributed by atoms with Gasteiger partial charge in [-0.15, -0.1) is 0 Å². The SMILES string of the molecule is COc1cc(/C=C2/SC(=Nc3ccccc3O)NC2=O)ccc1O. The number of hydrogen-bond donors (Lipinski definition) is 3. The lowest BCUT2D eigenvalue weighted by Gasteiger charge is -2.03. The number of methoxy groups -OCH3 is 1. The molecule has 0 unspecified atom stereocenters. The number of nitrogens with zero attached hydrogens (tertiary/aromatic N) is 1. The molecular weight excluding hydrogens is 328 g/mol. The van der Waals surface area contributed by atoms with Crippen LogP contribution >= 0.6 is 11.8 Å². The fourth-order valence-electron chi connectivity index (χ4n) is 2.08. The van der Waals surface area contributed by atoms with Crippen molar-refractivity contribution in [2.45, 2.75) is 0 Å². The monoisotopic (exact) mass is 342 g/mol. The van der Waals surface area contributed by atoms with Crippen molar-refractivity contribution < 1.29 is 19.7 Å².